The number of rotatable bonds is 4. The lowest BCUT2D eigenvalue weighted by Gasteiger charge is -2.32. The van der Waals surface area contributed by atoms with Crippen LogP contribution in [0.2, 0.25) is 5.02 Å². The molecule has 1 fully saturated rings. The monoisotopic (exact) mass is 421 g/mol. The van der Waals surface area contributed by atoms with Gasteiger partial charge in [-0.1, -0.05) is 54.1 Å². The van der Waals surface area contributed by atoms with Crippen LogP contribution >= 0.6 is 11.6 Å². The highest BCUT2D eigenvalue weighted by atomic mass is 35.5. The number of carbonyl (C=O) groups is 1. The van der Waals surface area contributed by atoms with Crippen molar-refractivity contribution >= 4 is 17.5 Å². The lowest BCUT2D eigenvalue weighted by molar-refractivity contribution is -0.131. The summed E-state index contributed by atoms with van der Waals surface area (Å²) in [5, 5.41) is 5.34. The number of hydrogen-bond acceptors (Lipinski definition) is 3. The molecule has 1 amide bonds. The summed E-state index contributed by atoms with van der Waals surface area (Å²) in [6, 6.07) is 19.0. The Morgan fingerprint density at radius 1 is 1.07 bits per heavy atom. The number of hydrogen-bond donors (Lipinski definition) is 0. The standard InChI is InChI=1S/C24H24ClN3O2/c1-17-14-23(30)28(26-24(17)19-7-3-2-4-8-19)21-10-12-27(13-11-21)22(29)16-18-6-5-9-20(25)15-18/h2-9,14-15,21H,10-13,16H2,1H3. The number of piperidine rings is 1. The Bertz CT molecular complexity index is 1100. The number of nitrogens with zero attached hydrogens (tertiary/aromatic N) is 3. The molecular formula is C24H24ClN3O2. The molecule has 6 heteroatoms. The summed E-state index contributed by atoms with van der Waals surface area (Å²) < 4.78 is 1.61. The van der Waals surface area contributed by atoms with Crippen LogP contribution in [0.25, 0.3) is 11.3 Å². The lowest BCUT2D eigenvalue weighted by Crippen LogP contribution is -2.42. The average Bonchev–Trinajstić information content (AvgIpc) is 2.75. The summed E-state index contributed by atoms with van der Waals surface area (Å²) in [4.78, 5) is 27.2. The molecule has 3 aromatic rings. The number of benzene rings is 2. The van der Waals surface area contributed by atoms with E-state index >= 15 is 0 Å². The maximum Gasteiger partial charge on any atom is 0.267 e. The molecule has 4 rings (SSSR count). The van der Waals surface area contributed by atoms with Crippen molar-refractivity contribution in [2.75, 3.05) is 13.1 Å². The maximum atomic E-state index is 12.7. The fourth-order valence-corrected chi connectivity index (χ4v) is 4.20. The van der Waals surface area contributed by atoms with Crippen LogP contribution in [0.4, 0.5) is 0 Å². The first-order valence-corrected chi connectivity index (χ1v) is 10.6. The molecule has 0 radical (unpaired) electrons. The first kappa shape index (κ1) is 20.4. The summed E-state index contributed by atoms with van der Waals surface area (Å²) in [7, 11) is 0. The van der Waals surface area contributed by atoms with Crippen molar-refractivity contribution in [3.8, 4) is 11.3 Å². The molecular weight excluding hydrogens is 398 g/mol. The second-order valence-electron chi connectivity index (χ2n) is 7.74. The van der Waals surface area contributed by atoms with E-state index in [1.807, 2.05) is 60.4 Å². The zero-order chi connectivity index (χ0) is 21.1. The van der Waals surface area contributed by atoms with E-state index in [9.17, 15) is 9.59 Å². The van der Waals surface area contributed by atoms with Crippen molar-refractivity contribution < 1.29 is 4.79 Å². The van der Waals surface area contributed by atoms with Gasteiger partial charge in [0.25, 0.3) is 5.56 Å². The van der Waals surface area contributed by atoms with Crippen LogP contribution < -0.4 is 5.56 Å². The Kier molecular flexibility index (Phi) is 6.00. The van der Waals surface area contributed by atoms with Crippen LogP contribution in [0.15, 0.2) is 65.5 Å². The molecule has 5 nitrogen and oxygen atoms in total. The topological polar surface area (TPSA) is 55.2 Å². The molecule has 0 bridgehead atoms. The Labute approximate surface area is 180 Å². The van der Waals surface area contributed by atoms with Crippen LogP contribution in [0, 0.1) is 6.92 Å². The van der Waals surface area contributed by atoms with Crippen LogP contribution in [-0.2, 0) is 11.2 Å². The molecule has 2 heterocycles. The first-order valence-electron chi connectivity index (χ1n) is 10.2. The van der Waals surface area contributed by atoms with Gasteiger partial charge in [-0.25, -0.2) is 4.68 Å². The van der Waals surface area contributed by atoms with Gasteiger partial charge in [-0.05, 0) is 43.0 Å². The predicted octanol–water partition coefficient (Wildman–Crippen LogP) is 4.28. The number of aromatic nitrogens is 2. The third kappa shape index (κ3) is 4.46. The molecule has 30 heavy (non-hydrogen) atoms. The van der Waals surface area contributed by atoms with E-state index in [1.165, 1.54) is 0 Å². The second-order valence-corrected chi connectivity index (χ2v) is 8.18. The first-order chi connectivity index (χ1) is 14.5. The van der Waals surface area contributed by atoms with Crippen LogP contribution in [0.5, 0.6) is 0 Å². The van der Waals surface area contributed by atoms with Crippen LogP contribution in [-0.4, -0.2) is 33.7 Å². The van der Waals surface area contributed by atoms with E-state index in [0.29, 0.717) is 37.4 Å². The fourth-order valence-electron chi connectivity index (χ4n) is 3.99. The summed E-state index contributed by atoms with van der Waals surface area (Å²) in [6.45, 7) is 3.15. The third-order valence-corrected chi connectivity index (χ3v) is 5.84. The molecule has 0 saturated carbocycles. The van der Waals surface area contributed by atoms with Crippen molar-refractivity contribution in [2.45, 2.75) is 32.2 Å². The molecule has 0 aliphatic carbocycles. The zero-order valence-electron chi connectivity index (χ0n) is 16.9. The van der Waals surface area contributed by atoms with E-state index in [-0.39, 0.29) is 17.5 Å². The quantitative estimate of drug-likeness (QED) is 0.631. The number of carbonyl (C=O) groups excluding carboxylic acids is 1. The van der Waals surface area contributed by atoms with Crippen molar-refractivity contribution in [2.24, 2.45) is 0 Å². The molecule has 0 spiro atoms. The van der Waals surface area contributed by atoms with Gasteiger partial charge in [0, 0.05) is 29.7 Å². The Balaban J connectivity index is 1.46. The molecule has 0 unspecified atom stereocenters. The zero-order valence-corrected chi connectivity index (χ0v) is 17.7. The summed E-state index contributed by atoms with van der Waals surface area (Å²) in [5.41, 5.74) is 3.53. The number of aryl methyl sites for hydroxylation is 1. The van der Waals surface area contributed by atoms with E-state index in [1.54, 1.807) is 16.8 Å². The molecule has 1 aliphatic rings. The average molecular weight is 422 g/mol. The molecule has 1 saturated heterocycles. The predicted molar refractivity (Wildman–Crippen MR) is 119 cm³/mol. The van der Waals surface area contributed by atoms with Gasteiger partial charge in [-0.15, -0.1) is 0 Å². The minimum atomic E-state index is -0.0871. The van der Waals surface area contributed by atoms with Gasteiger partial charge in [0.2, 0.25) is 5.91 Å². The van der Waals surface area contributed by atoms with E-state index in [4.69, 9.17) is 16.7 Å². The molecule has 0 atom stereocenters. The van der Waals surface area contributed by atoms with E-state index in [0.717, 1.165) is 22.4 Å². The summed E-state index contributed by atoms with van der Waals surface area (Å²) >= 11 is 6.02. The van der Waals surface area contributed by atoms with Crippen molar-refractivity contribution in [1.82, 2.24) is 14.7 Å². The SMILES string of the molecule is Cc1cc(=O)n(C2CCN(C(=O)Cc3cccc(Cl)c3)CC2)nc1-c1ccccc1. The van der Waals surface area contributed by atoms with Crippen LogP contribution in [0.1, 0.15) is 30.0 Å². The van der Waals surface area contributed by atoms with Crippen LogP contribution in [0.3, 0.4) is 0 Å². The molecule has 2 aromatic carbocycles. The number of halogens is 1. The van der Waals surface area contributed by atoms with Gasteiger partial charge in [0.05, 0.1) is 18.2 Å². The van der Waals surface area contributed by atoms with Gasteiger partial charge in [-0.3, -0.25) is 9.59 Å². The highest BCUT2D eigenvalue weighted by Crippen LogP contribution is 2.24. The molecule has 1 aromatic heterocycles. The number of likely N-dealkylation sites (tertiary alicyclic amines) is 1. The number of amides is 1. The highest BCUT2D eigenvalue weighted by molar-refractivity contribution is 6.30. The summed E-state index contributed by atoms with van der Waals surface area (Å²) in [5.74, 6) is 0.0879. The molecule has 154 valence electrons. The highest BCUT2D eigenvalue weighted by Gasteiger charge is 2.25. The lowest BCUT2D eigenvalue weighted by atomic mass is 10.0. The Morgan fingerprint density at radius 3 is 2.50 bits per heavy atom. The van der Waals surface area contributed by atoms with Crippen molar-refractivity contribution in [1.29, 1.82) is 0 Å². The fraction of sp³-hybridized carbons (Fsp3) is 0.292. The minimum absolute atomic E-state index is 0.00391. The Hall–Kier alpha value is -2.92. The normalized spacial score (nSPS) is 14.7. The molecule has 0 N–H and O–H groups in total. The van der Waals surface area contributed by atoms with Gasteiger partial charge >= 0.3 is 0 Å². The van der Waals surface area contributed by atoms with E-state index < -0.39 is 0 Å². The Morgan fingerprint density at radius 2 is 1.80 bits per heavy atom. The minimum Gasteiger partial charge on any atom is -0.342 e. The van der Waals surface area contributed by atoms with Gasteiger partial charge < -0.3 is 4.90 Å². The molecule has 1 aliphatic heterocycles. The van der Waals surface area contributed by atoms with Crippen molar-refractivity contribution in [3.05, 3.63) is 87.2 Å². The smallest absolute Gasteiger partial charge is 0.267 e. The maximum absolute atomic E-state index is 12.7. The summed E-state index contributed by atoms with van der Waals surface area (Å²) in [6.07, 6.45) is 1.77. The van der Waals surface area contributed by atoms with Gasteiger partial charge in [-0.2, -0.15) is 5.10 Å². The van der Waals surface area contributed by atoms with Gasteiger partial charge in [0.15, 0.2) is 0 Å². The van der Waals surface area contributed by atoms with Gasteiger partial charge in [0.1, 0.15) is 0 Å². The second kappa shape index (κ2) is 8.84. The van der Waals surface area contributed by atoms with E-state index in [2.05, 4.69) is 0 Å². The van der Waals surface area contributed by atoms with Crippen molar-refractivity contribution in [3.63, 3.8) is 0 Å². The largest absolute Gasteiger partial charge is 0.342 e. The third-order valence-electron chi connectivity index (χ3n) is 5.60.